The second-order valence-electron chi connectivity index (χ2n) is 9.86. The van der Waals surface area contributed by atoms with Gasteiger partial charge < -0.3 is 29.2 Å². The molecule has 12 heteroatoms. The molecule has 218 valence electrons. The van der Waals surface area contributed by atoms with Crippen LogP contribution in [0.3, 0.4) is 0 Å². The van der Waals surface area contributed by atoms with Gasteiger partial charge in [-0.15, -0.1) is 0 Å². The fourth-order valence-electron chi connectivity index (χ4n) is 4.34. The van der Waals surface area contributed by atoms with Crippen molar-refractivity contribution < 1.29 is 32.9 Å². The van der Waals surface area contributed by atoms with E-state index in [1.165, 1.54) is 23.8 Å². The van der Waals surface area contributed by atoms with Crippen LogP contribution in [-0.4, -0.2) is 50.4 Å². The monoisotopic (exact) mass is 575 g/mol. The van der Waals surface area contributed by atoms with E-state index in [-0.39, 0.29) is 24.8 Å². The molecular weight excluding hydrogens is 545 g/mol. The largest absolute Gasteiger partial charge is 0.488 e. The standard InChI is InChI=1S/C30H30FN5O6/c1-17-12-22-23(34-17)10-11-24(26(22)31)42-28-27-19(3)25(13-36(27)33-16-32-28)39-14-18(2)41-29(37)20(4)35-30(38)40-15-21-8-6-5-7-9-21/h5-13,16,18,20,34H,14-15H2,1-4H3,(H,35,38)/t18-,20?/m1/s1. The lowest BCUT2D eigenvalue weighted by molar-refractivity contribution is -0.151. The van der Waals surface area contributed by atoms with E-state index in [0.29, 0.717) is 27.7 Å². The van der Waals surface area contributed by atoms with Gasteiger partial charge in [0.15, 0.2) is 11.6 Å². The number of nitrogens with zero attached hydrogens (tertiary/aromatic N) is 3. The number of carbonyl (C=O) groups is 2. The van der Waals surface area contributed by atoms with E-state index < -0.39 is 30.0 Å². The predicted octanol–water partition coefficient (Wildman–Crippen LogP) is 5.38. The van der Waals surface area contributed by atoms with Crippen LogP contribution in [0.4, 0.5) is 9.18 Å². The van der Waals surface area contributed by atoms with Crippen molar-refractivity contribution >= 4 is 28.5 Å². The van der Waals surface area contributed by atoms with Gasteiger partial charge >= 0.3 is 12.1 Å². The zero-order valence-electron chi connectivity index (χ0n) is 23.5. The average Bonchev–Trinajstić information content (AvgIpc) is 3.52. The van der Waals surface area contributed by atoms with Gasteiger partial charge in [0.25, 0.3) is 0 Å². The number of nitrogens with one attached hydrogen (secondary N) is 2. The van der Waals surface area contributed by atoms with E-state index in [9.17, 15) is 9.59 Å². The maximum atomic E-state index is 15.1. The number of H-pyrrole nitrogens is 1. The van der Waals surface area contributed by atoms with Gasteiger partial charge in [0.2, 0.25) is 5.88 Å². The SMILES string of the molecule is Cc1cc2c(F)c(Oc3ncnn4cc(OC[C@@H](C)OC(=O)C(C)NC(=O)OCc5ccccc5)c(C)c34)ccc2[nH]1. The summed E-state index contributed by atoms with van der Waals surface area (Å²) in [5.74, 6) is -0.507. The van der Waals surface area contributed by atoms with Crippen molar-refractivity contribution in [2.75, 3.05) is 6.61 Å². The first-order valence-electron chi connectivity index (χ1n) is 13.3. The van der Waals surface area contributed by atoms with Gasteiger partial charge in [-0.25, -0.2) is 18.5 Å². The Labute approximate surface area is 240 Å². The number of aromatic amines is 1. The summed E-state index contributed by atoms with van der Waals surface area (Å²) < 4.78 is 39.0. The van der Waals surface area contributed by atoms with Crippen molar-refractivity contribution in [2.24, 2.45) is 0 Å². The van der Waals surface area contributed by atoms with Gasteiger partial charge in [0.1, 0.15) is 43.0 Å². The van der Waals surface area contributed by atoms with Crippen molar-refractivity contribution in [3.05, 3.63) is 83.7 Å². The smallest absolute Gasteiger partial charge is 0.408 e. The van der Waals surface area contributed by atoms with E-state index in [1.54, 1.807) is 32.2 Å². The molecule has 0 aliphatic rings. The molecule has 0 saturated carbocycles. The topological polar surface area (TPSA) is 129 Å². The molecule has 42 heavy (non-hydrogen) atoms. The minimum atomic E-state index is -0.931. The molecule has 5 aromatic rings. The van der Waals surface area contributed by atoms with Crippen LogP contribution < -0.4 is 14.8 Å². The number of amides is 1. The third kappa shape index (κ3) is 6.27. The summed E-state index contributed by atoms with van der Waals surface area (Å²) >= 11 is 0. The van der Waals surface area contributed by atoms with E-state index >= 15 is 4.39 Å². The Balaban J connectivity index is 1.18. The second-order valence-corrected chi connectivity index (χ2v) is 9.86. The third-order valence-corrected chi connectivity index (χ3v) is 6.48. The first-order chi connectivity index (χ1) is 20.2. The Morgan fingerprint density at radius 3 is 2.67 bits per heavy atom. The van der Waals surface area contributed by atoms with Crippen molar-refractivity contribution in [1.82, 2.24) is 24.9 Å². The summed E-state index contributed by atoms with van der Waals surface area (Å²) in [4.78, 5) is 31.9. The number of rotatable bonds is 10. The van der Waals surface area contributed by atoms with Crippen molar-refractivity contribution in [3.63, 3.8) is 0 Å². The molecule has 0 fully saturated rings. The van der Waals surface area contributed by atoms with Gasteiger partial charge in [-0.1, -0.05) is 30.3 Å². The molecule has 0 bridgehead atoms. The first kappa shape index (κ1) is 28.4. The predicted molar refractivity (Wildman–Crippen MR) is 151 cm³/mol. The van der Waals surface area contributed by atoms with E-state index in [2.05, 4.69) is 20.4 Å². The van der Waals surface area contributed by atoms with Crippen LogP contribution in [-0.2, 0) is 20.9 Å². The molecule has 11 nitrogen and oxygen atoms in total. The molecule has 0 aliphatic carbocycles. The number of benzene rings is 2. The van der Waals surface area contributed by atoms with Gasteiger partial charge in [-0.2, -0.15) is 10.1 Å². The van der Waals surface area contributed by atoms with Crippen LogP contribution >= 0.6 is 0 Å². The minimum Gasteiger partial charge on any atom is -0.488 e. The Kier molecular flexibility index (Phi) is 8.23. The number of fused-ring (bicyclic) bond motifs is 2. The summed E-state index contributed by atoms with van der Waals surface area (Å²) in [6.45, 7) is 6.92. The molecule has 1 unspecified atom stereocenters. The van der Waals surface area contributed by atoms with Crippen LogP contribution in [0.1, 0.15) is 30.7 Å². The molecule has 2 atom stereocenters. The Morgan fingerprint density at radius 2 is 1.88 bits per heavy atom. The Hall–Kier alpha value is -5.13. The molecule has 0 saturated heterocycles. The molecule has 3 heterocycles. The highest BCUT2D eigenvalue weighted by Crippen LogP contribution is 2.34. The molecule has 3 aromatic heterocycles. The Morgan fingerprint density at radius 1 is 1.10 bits per heavy atom. The number of esters is 1. The molecule has 1 amide bonds. The average molecular weight is 576 g/mol. The highest BCUT2D eigenvalue weighted by Gasteiger charge is 2.22. The lowest BCUT2D eigenvalue weighted by Gasteiger charge is -2.18. The van der Waals surface area contributed by atoms with Crippen molar-refractivity contribution in [2.45, 2.75) is 46.4 Å². The minimum absolute atomic E-state index is 0.0242. The van der Waals surface area contributed by atoms with Gasteiger partial charge in [-0.05, 0) is 51.5 Å². The quantitative estimate of drug-likeness (QED) is 0.212. The third-order valence-electron chi connectivity index (χ3n) is 6.48. The van der Waals surface area contributed by atoms with Crippen LogP contribution in [0.15, 0.2) is 61.1 Å². The molecule has 0 radical (unpaired) electrons. The fraction of sp³-hybridized carbons (Fsp3) is 0.267. The van der Waals surface area contributed by atoms with E-state index in [1.807, 2.05) is 37.3 Å². The number of aromatic nitrogens is 4. The summed E-state index contributed by atoms with van der Waals surface area (Å²) in [7, 11) is 0. The number of hydrogen-bond donors (Lipinski definition) is 2. The van der Waals surface area contributed by atoms with Crippen LogP contribution in [0.5, 0.6) is 17.4 Å². The number of aryl methyl sites for hydroxylation is 2. The number of hydrogen-bond acceptors (Lipinski definition) is 8. The second kappa shape index (κ2) is 12.2. The van der Waals surface area contributed by atoms with E-state index in [0.717, 1.165) is 11.3 Å². The van der Waals surface area contributed by atoms with Crippen LogP contribution in [0.2, 0.25) is 0 Å². The molecular formula is C30H30FN5O6. The fourth-order valence-corrected chi connectivity index (χ4v) is 4.34. The highest BCUT2D eigenvalue weighted by molar-refractivity contribution is 5.83. The molecule has 2 N–H and O–H groups in total. The maximum Gasteiger partial charge on any atom is 0.408 e. The van der Waals surface area contributed by atoms with E-state index in [4.69, 9.17) is 18.9 Å². The molecule has 0 aliphatic heterocycles. The van der Waals surface area contributed by atoms with Gasteiger partial charge in [-0.3, -0.25) is 0 Å². The van der Waals surface area contributed by atoms with Crippen molar-refractivity contribution in [1.29, 1.82) is 0 Å². The Bertz CT molecular complexity index is 1730. The zero-order valence-corrected chi connectivity index (χ0v) is 23.5. The zero-order chi connectivity index (χ0) is 29.8. The number of halogens is 1. The lowest BCUT2D eigenvalue weighted by atomic mass is 10.2. The summed E-state index contributed by atoms with van der Waals surface area (Å²) in [5, 5.41) is 7.09. The van der Waals surface area contributed by atoms with Gasteiger partial charge in [0, 0.05) is 22.2 Å². The number of alkyl carbamates (subject to hydrolysis) is 1. The number of carbonyl (C=O) groups excluding carboxylic acids is 2. The molecule has 5 rings (SSSR count). The maximum absolute atomic E-state index is 15.1. The summed E-state index contributed by atoms with van der Waals surface area (Å²) in [5.41, 5.74) is 3.48. The first-order valence-corrected chi connectivity index (χ1v) is 13.3. The molecule has 2 aromatic carbocycles. The summed E-state index contributed by atoms with van der Waals surface area (Å²) in [6.07, 6.45) is 1.56. The molecule has 0 spiro atoms. The highest BCUT2D eigenvalue weighted by atomic mass is 19.1. The number of ether oxygens (including phenoxy) is 4. The lowest BCUT2D eigenvalue weighted by Crippen LogP contribution is -2.41. The van der Waals surface area contributed by atoms with Crippen LogP contribution in [0.25, 0.3) is 16.4 Å². The van der Waals surface area contributed by atoms with Gasteiger partial charge in [0.05, 0.1) is 6.20 Å². The normalized spacial score (nSPS) is 12.6. The summed E-state index contributed by atoms with van der Waals surface area (Å²) in [6, 6.07) is 13.3. The van der Waals surface area contributed by atoms with Crippen LogP contribution in [0, 0.1) is 19.7 Å². The van der Waals surface area contributed by atoms with Crippen molar-refractivity contribution in [3.8, 4) is 17.4 Å².